The SMILES string of the molecule is CCCNC(=O)[C@H](C)N(CCc1ccccc1)C(=O)CN(c1ccc(C)cc1)S(=O)(=O)c1ccc(OCC)cc1. The Bertz CT molecular complexity index is 1340. The second kappa shape index (κ2) is 14.5. The van der Waals surface area contributed by atoms with Crippen molar-refractivity contribution in [1.29, 1.82) is 0 Å². The Balaban J connectivity index is 1.95. The summed E-state index contributed by atoms with van der Waals surface area (Å²) >= 11 is 0. The van der Waals surface area contributed by atoms with E-state index >= 15 is 0 Å². The molecular weight excluding hydrogens is 526 g/mol. The number of anilines is 1. The third-order valence-corrected chi connectivity index (χ3v) is 8.31. The summed E-state index contributed by atoms with van der Waals surface area (Å²) in [7, 11) is -4.12. The molecule has 0 heterocycles. The van der Waals surface area contributed by atoms with Gasteiger partial charge in [0.15, 0.2) is 0 Å². The number of rotatable bonds is 14. The molecule has 0 aliphatic rings. The fourth-order valence-electron chi connectivity index (χ4n) is 4.21. The number of hydrogen-bond acceptors (Lipinski definition) is 5. The summed E-state index contributed by atoms with van der Waals surface area (Å²) in [5.74, 6) is -0.192. The van der Waals surface area contributed by atoms with Crippen molar-refractivity contribution in [1.82, 2.24) is 10.2 Å². The lowest BCUT2D eigenvalue weighted by Gasteiger charge is -2.32. The van der Waals surface area contributed by atoms with E-state index in [1.807, 2.05) is 51.1 Å². The fraction of sp³-hybridized carbons (Fsp3) is 0.355. The Morgan fingerprint density at radius 2 is 1.57 bits per heavy atom. The van der Waals surface area contributed by atoms with Crippen LogP contribution in [-0.4, -0.2) is 57.4 Å². The molecule has 0 saturated carbocycles. The molecule has 8 nitrogen and oxygen atoms in total. The van der Waals surface area contributed by atoms with Gasteiger partial charge < -0.3 is 15.0 Å². The highest BCUT2D eigenvalue weighted by molar-refractivity contribution is 7.92. The van der Waals surface area contributed by atoms with Crippen LogP contribution in [0.5, 0.6) is 5.75 Å². The maximum atomic E-state index is 13.9. The predicted molar refractivity (Wildman–Crippen MR) is 158 cm³/mol. The first kappa shape index (κ1) is 30.7. The molecule has 1 atom stereocenters. The van der Waals surface area contributed by atoms with E-state index in [0.29, 0.717) is 31.0 Å². The first-order valence-corrected chi connectivity index (χ1v) is 15.0. The highest BCUT2D eigenvalue weighted by Crippen LogP contribution is 2.26. The molecule has 2 amide bonds. The summed E-state index contributed by atoms with van der Waals surface area (Å²) in [5, 5.41) is 2.85. The van der Waals surface area contributed by atoms with Crippen LogP contribution in [0.15, 0.2) is 83.8 Å². The van der Waals surface area contributed by atoms with Crippen molar-refractivity contribution in [3.8, 4) is 5.75 Å². The molecule has 0 radical (unpaired) electrons. The van der Waals surface area contributed by atoms with Gasteiger partial charge in [-0.15, -0.1) is 0 Å². The van der Waals surface area contributed by atoms with Gasteiger partial charge in [-0.3, -0.25) is 13.9 Å². The van der Waals surface area contributed by atoms with Gasteiger partial charge in [0.2, 0.25) is 11.8 Å². The van der Waals surface area contributed by atoms with E-state index < -0.39 is 28.5 Å². The van der Waals surface area contributed by atoms with Gasteiger partial charge in [0.05, 0.1) is 17.2 Å². The topological polar surface area (TPSA) is 96.0 Å². The molecule has 0 aliphatic carbocycles. The van der Waals surface area contributed by atoms with Gasteiger partial charge in [0.25, 0.3) is 10.0 Å². The number of benzene rings is 3. The standard InChI is InChI=1S/C31H39N3O5S/c1-5-21-32-31(36)25(4)33(22-20-26-10-8-7-9-11-26)30(35)23-34(27-14-12-24(3)13-15-27)40(37,38)29-18-16-28(17-19-29)39-6-2/h7-19,25H,5-6,20-23H2,1-4H3,(H,32,36)/t25-/m0/s1. The second-order valence-electron chi connectivity index (χ2n) is 9.54. The Kier molecular flexibility index (Phi) is 11.1. The first-order chi connectivity index (χ1) is 19.2. The zero-order valence-corrected chi connectivity index (χ0v) is 24.5. The molecule has 0 aliphatic heterocycles. The first-order valence-electron chi connectivity index (χ1n) is 13.6. The molecule has 0 aromatic heterocycles. The zero-order chi connectivity index (χ0) is 29.1. The van der Waals surface area contributed by atoms with Crippen LogP contribution in [0.3, 0.4) is 0 Å². The van der Waals surface area contributed by atoms with Crippen molar-refractivity contribution in [2.75, 3.05) is 30.5 Å². The van der Waals surface area contributed by atoms with Crippen LogP contribution in [-0.2, 0) is 26.0 Å². The van der Waals surface area contributed by atoms with Crippen molar-refractivity contribution >= 4 is 27.5 Å². The van der Waals surface area contributed by atoms with Crippen molar-refractivity contribution in [2.24, 2.45) is 0 Å². The predicted octanol–water partition coefficient (Wildman–Crippen LogP) is 4.58. The van der Waals surface area contributed by atoms with Crippen molar-refractivity contribution in [3.05, 3.63) is 90.0 Å². The number of amides is 2. The molecule has 0 spiro atoms. The summed E-state index contributed by atoms with van der Waals surface area (Å²) < 4.78 is 34.4. The van der Waals surface area contributed by atoms with Gasteiger partial charge in [0, 0.05) is 13.1 Å². The van der Waals surface area contributed by atoms with E-state index in [-0.39, 0.29) is 17.3 Å². The smallest absolute Gasteiger partial charge is 0.264 e. The summed E-state index contributed by atoms with van der Waals surface area (Å²) in [6.45, 7) is 8.13. The summed E-state index contributed by atoms with van der Waals surface area (Å²) in [4.78, 5) is 28.3. The molecule has 9 heteroatoms. The lowest BCUT2D eigenvalue weighted by Crippen LogP contribution is -2.52. The normalized spacial score (nSPS) is 11.9. The van der Waals surface area contributed by atoms with E-state index in [2.05, 4.69) is 5.32 Å². The lowest BCUT2D eigenvalue weighted by atomic mass is 10.1. The van der Waals surface area contributed by atoms with E-state index in [9.17, 15) is 18.0 Å². The fourth-order valence-corrected chi connectivity index (χ4v) is 5.62. The van der Waals surface area contributed by atoms with Gasteiger partial charge >= 0.3 is 0 Å². The van der Waals surface area contributed by atoms with E-state index in [1.165, 1.54) is 17.0 Å². The van der Waals surface area contributed by atoms with Crippen molar-refractivity contribution in [2.45, 2.75) is 51.5 Å². The number of carbonyl (C=O) groups is 2. The molecule has 1 N–H and O–H groups in total. The number of hydrogen-bond donors (Lipinski definition) is 1. The van der Waals surface area contributed by atoms with E-state index in [4.69, 9.17) is 4.74 Å². The number of aryl methyl sites for hydroxylation is 1. The van der Waals surface area contributed by atoms with Gasteiger partial charge in [-0.05, 0) is 75.6 Å². The van der Waals surface area contributed by atoms with E-state index in [1.54, 1.807) is 43.3 Å². The third kappa shape index (κ3) is 8.08. The Morgan fingerprint density at radius 1 is 0.925 bits per heavy atom. The molecule has 0 bridgehead atoms. The number of nitrogens with one attached hydrogen (secondary N) is 1. The lowest BCUT2D eigenvalue weighted by molar-refractivity contribution is -0.138. The maximum Gasteiger partial charge on any atom is 0.264 e. The largest absolute Gasteiger partial charge is 0.494 e. The molecule has 214 valence electrons. The summed E-state index contributed by atoms with van der Waals surface area (Å²) in [6, 6.07) is 22.0. The van der Waals surface area contributed by atoms with Crippen molar-refractivity contribution in [3.63, 3.8) is 0 Å². The quantitative estimate of drug-likeness (QED) is 0.309. The monoisotopic (exact) mass is 565 g/mol. The maximum absolute atomic E-state index is 13.9. The van der Waals surface area contributed by atoms with Crippen LogP contribution >= 0.6 is 0 Å². The molecule has 0 saturated heterocycles. The average Bonchev–Trinajstić information content (AvgIpc) is 2.96. The Hall–Kier alpha value is -3.85. The van der Waals surface area contributed by atoms with Gasteiger partial charge in [-0.1, -0.05) is 55.0 Å². The van der Waals surface area contributed by atoms with Crippen molar-refractivity contribution < 1.29 is 22.7 Å². The molecular formula is C31H39N3O5S. The van der Waals surface area contributed by atoms with Gasteiger partial charge in [0.1, 0.15) is 18.3 Å². The number of carbonyl (C=O) groups excluding carboxylic acids is 2. The summed E-state index contributed by atoms with van der Waals surface area (Å²) in [6.07, 6.45) is 1.28. The van der Waals surface area contributed by atoms with E-state index in [0.717, 1.165) is 21.9 Å². The minimum Gasteiger partial charge on any atom is -0.494 e. The zero-order valence-electron chi connectivity index (χ0n) is 23.7. The van der Waals surface area contributed by atoms with Crippen LogP contribution in [0, 0.1) is 6.92 Å². The molecule has 0 unspecified atom stereocenters. The molecule has 3 aromatic carbocycles. The number of ether oxygens (including phenoxy) is 1. The number of nitrogens with zero attached hydrogens (tertiary/aromatic N) is 2. The Labute approximate surface area is 238 Å². The van der Waals surface area contributed by atoms with Crippen LogP contribution in [0.2, 0.25) is 0 Å². The van der Waals surface area contributed by atoms with Crippen LogP contribution in [0.1, 0.15) is 38.3 Å². The minimum absolute atomic E-state index is 0.0360. The molecule has 40 heavy (non-hydrogen) atoms. The van der Waals surface area contributed by atoms with Crippen LogP contribution in [0.4, 0.5) is 5.69 Å². The van der Waals surface area contributed by atoms with Crippen LogP contribution in [0.25, 0.3) is 0 Å². The average molecular weight is 566 g/mol. The highest BCUT2D eigenvalue weighted by Gasteiger charge is 2.32. The van der Waals surface area contributed by atoms with Gasteiger partial charge in [-0.25, -0.2) is 8.42 Å². The molecule has 3 rings (SSSR count). The number of sulfonamides is 1. The molecule has 0 fully saturated rings. The third-order valence-electron chi connectivity index (χ3n) is 6.52. The second-order valence-corrected chi connectivity index (χ2v) is 11.4. The van der Waals surface area contributed by atoms with Gasteiger partial charge in [-0.2, -0.15) is 0 Å². The molecule has 3 aromatic rings. The highest BCUT2D eigenvalue weighted by atomic mass is 32.2. The Morgan fingerprint density at radius 3 is 2.17 bits per heavy atom. The summed E-state index contributed by atoms with van der Waals surface area (Å²) in [5.41, 5.74) is 2.33. The van der Waals surface area contributed by atoms with Crippen LogP contribution < -0.4 is 14.4 Å². The minimum atomic E-state index is -4.12.